The Morgan fingerprint density at radius 2 is 2.00 bits per heavy atom. The van der Waals surface area contributed by atoms with E-state index in [4.69, 9.17) is 4.74 Å². The van der Waals surface area contributed by atoms with E-state index < -0.39 is 23.5 Å². The molecule has 1 atom stereocenters. The fraction of sp³-hybridized carbons (Fsp3) is 0.350. The van der Waals surface area contributed by atoms with Crippen molar-refractivity contribution in [2.75, 3.05) is 39.4 Å². The lowest BCUT2D eigenvalue weighted by Crippen LogP contribution is -3.14. The van der Waals surface area contributed by atoms with Crippen molar-refractivity contribution in [2.45, 2.75) is 6.04 Å². The Kier molecular flexibility index (Phi) is 5.52. The van der Waals surface area contributed by atoms with E-state index in [1.54, 1.807) is 17.0 Å². The van der Waals surface area contributed by atoms with E-state index in [0.29, 0.717) is 25.3 Å². The lowest BCUT2D eigenvalue weighted by Gasteiger charge is -2.29. The Bertz CT molecular complexity index is 876. The van der Waals surface area contributed by atoms with Crippen LogP contribution in [0.15, 0.2) is 47.6 Å². The van der Waals surface area contributed by atoms with Gasteiger partial charge >= 0.3 is 0 Å². The van der Waals surface area contributed by atoms with Crippen molar-refractivity contribution in [2.24, 2.45) is 0 Å². The molecule has 28 heavy (non-hydrogen) atoms. The summed E-state index contributed by atoms with van der Waals surface area (Å²) >= 11 is 1.45. The number of Topliss-reactive ketones (excluding diaryl/α,β-unsaturated/α-hetero) is 1. The number of likely N-dealkylation sites (tertiary alicyclic amines) is 1. The average Bonchev–Trinajstić information content (AvgIpc) is 3.35. The summed E-state index contributed by atoms with van der Waals surface area (Å²) in [4.78, 5) is 33.2. The summed E-state index contributed by atoms with van der Waals surface area (Å²) < 4.78 is 5.38. The van der Waals surface area contributed by atoms with Gasteiger partial charge in [-0.05, 0) is 29.1 Å². The van der Waals surface area contributed by atoms with Crippen LogP contribution in [0.1, 0.15) is 16.5 Å². The maximum atomic E-state index is 13.1. The second-order valence-electron chi connectivity index (χ2n) is 6.84. The van der Waals surface area contributed by atoms with Gasteiger partial charge in [-0.2, -0.15) is 0 Å². The average molecular weight is 399 g/mol. The van der Waals surface area contributed by atoms with Crippen LogP contribution in [-0.2, 0) is 14.3 Å². The van der Waals surface area contributed by atoms with Crippen molar-refractivity contribution in [3.8, 4) is 0 Å². The number of rotatable bonds is 5. The second kappa shape index (κ2) is 8.22. The van der Waals surface area contributed by atoms with Gasteiger partial charge in [-0.1, -0.05) is 11.8 Å². The highest BCUT2D eigenvalue weighted by Gasteiger charge is 2.44. The molecule has 1 amide bonds. The molecule has 8 heteroatoms. The minimum Gasteiger partial charge on any atom is -0.872 e. The molecule has 2 aliphatic heterocycles. The van der Waals surface area contributed by atoms with Crippen molar-refractivity contribution in [3.05, 3.63) is 58.1 Å². The van der Waals surface area contributed by atoms with E-state index in [1.807, 2.05) is 17.5 Å². The number of carbonyl (C=O) groups is 2. The first-order chi connectivity index (χ1) is 13.7. The predicted molar refractivity (Wildman–Crippen MR) is 101 cm³/mol. The van der Waals surface area contributed by atoms with Crippen molar-refractivity contribution in [3.63, 3.8) is 0 Å². The van der Waals surface area contributed by atoms with Crippen LogP contribution in [-0.4, -0.2) is 61.0 Å². The van der Waals surface area contributed by atoms with Crippen LogP contribution < -0.4 is 10.0 Å². The Balaban J connectivity index is 1.68. The molecule has 146 valence electrons. The molecule has 0 aromatic carbocycles. The normalized spacial score (nSPS) is 22.7. The van der Waals surface area contributed by atoms with E-state index >= 15 is 0 Å². The zero-order valence-electron chi connectivity index (χ0n) is 15.3. The van der Waals surface area contributed by atoms with Gasteiger partial charge in [0, 0.05) is 22.8 Å². The molecule has 2 fully saturated rings. The number of ketones is 1. The number of pyridine rings is 1. The highest BCUT2D eigenvalue weighted by Crippen LogP contribution is 2.39. The molecule has 2 saturated heterocycles. The molecular weight excluding hydrogens is 378 g/mol. The van der Waals surface area contributed by atoms with Gasteiger partial charge in [-0.25, -0.2) is 0 Å². The van der Waals surface area contributed by atoms with Crippen molar-refractivity contribution >= 4 is 28.8 Å². The second-order valence-corrected chi connectivity index (χ2v) is 7.82. The van der Waals surface area contributed by atoms with Crippen LogP contribution in [0.3, 0.4) is 0 Å². The van der Waals surface area contributed by atoms with E-state index in [2.05, 4.69) is 4.98 Å². The summed E-state index contributed by atoms with van der Waals surface area (Å²) in [7, 11) is 0. The molecule has 7 nitrogen and oxygen atoms in total. The fourth-order valence-corrected chi connectivity index (χ4v) is 4.54. The third-order valence-corrected chi connectivity index (χ3v) is 6.12. The molecule has 0 spiro atoms. The Hall–Kier alpha value is -2.55. The van der Waals surface area contributed by atoms with Gasteiger partial charge in [0.1, 0.15) is 13.1 Å². The number of ether oxygens (including phenoxy) is 1. The van der Waals surface area contributed by atoms with Gasteiger partial charge in [0.2, 0.25) is 5.78 Å². The molecule has 0 saturated carbocycles. The molecule has 0 aliphatic carbocycles. The summed E-state index contributed by atoms with van der Waals surface area (Å²) in [5.41, 5.74) is 0.406. The highest BCUT2D eigenvalue weighted by atomic mass is 32.1. The number of aromatic nitrogens is 1. The van der Waals surface area contributed by atoms with Crippen LogP contribution in [0.2, 0.25) is 0 Å². The molecule has 4 heterocycles. The minimum absolute atomic E-state index is 0.0376. The van der Waals surface area contributed by atoms with Gasteiger partial charge < -0.3 is 19.6 Å². The Labute approximate surface area is 166 Å². The minimum atomic E-state index is -0.697. The summed E-state index contributed by atoms with van der Waals surface area (Å²) in [6, 6.07) is 6.25. The first-order valence-electron chi connectivity index (χ1n) is 9.28. The zero-order chi connectivity index (χ0) is 19.5. The topological polar surface area (TPSA) is 87.0 Å². The smallest absolute Gasteiger partial charge is 0.295 e. The number of thiophene rings is 1. The van der Waals surface area contributed by atoms with E-state index in [-0.39, 0.29) is 5.57 Å². The lowest BCUT2D eigenvalue weighted by atomic mass is 10.0. The number of carbonyl (C=O) groups excluding carboxylic acids is 2. The standard InChI is InChI=1S/C20H21N3O4S/c24-18(14-3-5-21-6-4-14)16-17(15-2-1-13-28-15)23(20(26)19(16)25)8-7-22-9-11-27-12-10-22/h1-6,13,17,24H,7-12H2. The highest BCUT2D eigenvalue weighted by molar-refractivity contribution is 7.10. The van der Waals surface area contributed by atoms with E-state index in [9.17, 15) is 14.7 Å². The fourth-order valence-electron chi connectivity index (χ4n) is 3.69. The molecule has 4 rings (SSSR count). The summed E-state index contributed by atoms with van der Waals surface area (Å²) in [5, 5.41) is 15.0. The molecule has 2 aliphatic rings. The van der Waals surface area contributed by atoms with Crippen LogP contribution in [0.4, 0.5) is 0 Å². The lowest BCUT2D eigenvalue weighted by molar-refractivity contribution is -0.907. The monoisotopic (exact) mass is 399 g/mol. The number of morpholine rings is 1. The van der Waals surface area contributed by atoms with Crippen LogP contribution in [0, 0.1) is 0 Å². The Morgan fingerprint density at radius 3 is 2.68 bits per heavy atom. The number of hydrogen-bond donors (Lipinski definition) is 1. The first-order valence-corrected chi connectivity index (χ1v) is 10.2. The molecule has 1 N–H and O–H groups in total. The summed E-state index contributed by atoms with van der Waals surface area (Å²) in [6.07, 6.45) is 3.02. The zero-order valence-corrected chi connectivity index (χ0v) is 16.1. The molecule has 2 aromatic rings. The van der Waals surface area contributed by atoms with Gasteiger partial charge in [0.05, 0.1) is 32.3 Å². The molecular formula is C20H21N3O4S. The van der Waals surface area contributed by atoms with Crippen molar-refractivity contribution in [1.82, 2.24) is 9.88 Å². The van der Waals surface area contributed by atoms with Gasteiger partial charge in [-0.3, -0.25) is 14.6 Å². The quantitative estimate of drug-likeness (QED) is 0.408. The number of amides is 1. The first kappa shape index (κ1) is 18.8. The number of quaternary nitrogens is 1. The maximum Gasteiger partial charge on any atom is 0.295 e. The third kappa shape index (κ3) is 3.58. The molecule has 0 bridgehead atoms. The summed E-state index contributed by atoms with van der Waals surface area (Å²) in [5.74, 6) is -1.69. The molecule has 0 radical (unpaired) electrons. The van der Waals surface area contributed by atoms with Crippen molar-refractivity contribution < 1.29 is 24.3 Å². The molecule has 2 aromatic heterocycles. The molecule has 1 unspecified atom stereocenters. The van der Waals surface area contributed by atoms with E-state index in [0.717, 1.165) is 24.5 Å². The predicted octanol–water partition coefficient (Wildman–Crippen LogP) is -0.718. The number of hydrogen-bond acceptors (Lipinski definition) is 6. The SMILES string of the molecule is O=C1C(=O)N(CC[NH+]2CCOCC2)C(c2cccs2)C1=C([O-])c1ccncc1. The van der Waals surface area contributed by atoms with Crippen LogP contribution in [0.5, 0.6) is 0 Å². The van der Waals surface area contributed by atoms with Crippen LogP contribution in [0.25, 0.3) is 5.76 Å². The van der Waals surface area contributed by atoms with Gasteiger partial charge in [-0.15, -0.1) is 11.3 Å². The maximum absolute atomic E-state index is 13.1. The van der Waals surface area contributed by atoms with E-state index in [1.165, 1.54) is 28.6 Å². The van der Waals surface area contributed by atoms with Gasteiger partial charge in [0.25, 0.3) is 5.91 Å². The number of nitrogens with zero attached hydrogens (tertiary/aromatic N) is 2. The summed E-state index contributed by atoms with van der Waals surface area (Å²) in [6.45, 7) is 4.32. The third-order valence-electron chi connectivity index (χ3n) is 5.19. The van der Waals surface area contributed by atoms with Crippen LogP contribution >= 0.6 is 11.3 Å². The number of nitrogens with one attached hydrogen (secondary N) is 1. The van der Waals surface area contributed by atoms with Crippen molar-refractivity contribution in [1.29, 1.82) is 0 Å². The Morgan fingerprint density at radius 1 is 1.25 bits per heavy atom. The largest absolute Gasteiger partial charge is 0.872 e. The van der Waals surface area contributed by atoms with Gasteiger partial charge in [0.15, 0.2) is 0 Å².